The Morgan fingerprint density at radius 3 is 2.82 bits per heavy atom. The molecular weight excluding hydrogens is 317 g/mol. The number of benzene rings is 2. The third kappa shape index (κ3) is 3.37. The molecule has 0 aromatic heterocycles. The first-order valence-corrected chi connectivity index (χ1v) is 8.47. The maximum atomic E-state index is 14.2. The van der Waals surface area contributed by atoms with E-state index in [0.717, 1.165) is 24.4 Å². The Balaban J connectivity index is 2.00. The minimum Gasteiger partial charge on any atom is -0.313 e. The summed E-state index contributed by atoms with van der Waals surface area (Å²) in [4.78, 5) is 1.63. The van der Waals surface area contributed by atoms with E-state index in [1.165, 1.54) is 28.5 Å². The largest absolute Gasteiger partial charge is 0.313 e. The summed E-state index contributed by atoms with van der Waals surface area (Å²) in [5, 5.41) is 3.49. The highest BCUT2D eigenvalue weighted by atomic mass is 35.5. The van der Waals surface area contributed by atoms with Crippen LogP contribution in [0.5, 0.6) is 0 Å². The van der Waals surface area contributed by atoms with Gasteiger partial charge in [0.2, 0.25) is 0 Å². The highest BCUT2D eigenvalue weighted by molar-refractivity contribution is 7.99. The lowest BCUT2D eigenvalue weighted by molar-refractivity contribution is 0.602. The zero-order valence-electron chi connectivity index (χ0n) is 12.3. The number of hydrogen-bond acceptors (Lipinski definition) is 2. The van der Waals surface area contributed by atoms with Crippen LogP contribution in [0.25, 0.3) is 5.57 Å². The molecule has 114 valence electrons. The Kier molecular flexibility index (Phi) is 4.87. The van der Waals surface area contributed by atoms with Gasteiger partial charge in [-0.25, -0.2) is 4.39 Å². The summed E-state index contributed by atoms with van der Waals surface area (Å²) < 4.78 is 14.2. The van der Waals surface area contributed by atoms with E-state index in [4.69, 9.17) is 11.6 Å². The summed E-state index contributed by atoms with van der Waals surface area (Å²) in [5.74, 6) is -0.347. The van der Waals surface area contributed by atoms with Crippen molar-refractivity contribution in [1.82, 2.24) is 5.32 Å². The minimum absolute atomic E-state index is 0.166. The molecule has 1 aliphatic rings. The molecule has 1 nitrogen and oxygen atoms in total. The molecule has 4 heteroatoms. The number of nitrogens with one attached hydrogen (secondary N) is 1. The van der Waals surface area contributed by atoms with Crippen LogP contribution in [0.15, 0.2) is 52.3 Å². The smallest absolute Gasteiger partial charge is 0.155 e. The fourth-order valence-corrected chi connectivity index (χ4v) is 3.78. The van der Waals surface area contributed by atoms with Crippen LogP contribution < -0.4 is 5.32 Å². The SMILES string of the molecule is Cc1ccc(Sc2cccc(Cl)c2F)c(C2=CCNCC2)c1. The third-order valence-corrected chi connectivity index (χ3v) is 5.08. The van der Waals surface area contributed by atoms with Gasteiger partial charge in [0.05, 0.1) is 5.02 Å². The molecule has 0 radical (unpaired) electrons. The van der Waals surface area contributed by atoms with Crippen molar-refractivity contribution >= 4 is 28.9 Å². The molecule has 0 spiro atoms. The van der Waals surface area contributed by atoms with Crippen molar-refractivity contribution < 1.29 is 4.39 Å². The molecule has 0 aliphatic carbocycles. The topological polar surface area (TPSA) is 12.0 Å². The number of halogens is 2. The molecule has 0 fully saturated rings. The second kappa shape index (κ2) is 6.86. The molecule has 1 N–H and O–H groups in total. The van der Waals surface area contributed by atoms with Gasteiger partial charge in [0, 0.05) is 16.3 Å². The molecule has 1 aliphatic heterocycles. The van der Waals surface area contributed by atoms with Gasteiger partial charge in [-0.1, -0.05) is 53.2 Å². The van der Waals surface area contributed by atoms with Crippen molar-refractivity contribution in [2.24, 2.45) is 0 Å². The van der Waals surface area contributed by atoms with Crippen LogP contribution in [-0.2, 0) is 0 Å². The van der Waals surface area contributed by atoms with E-state index in [0.29, 0.717) is 4.90 Å². The van der Waals surface area contributed by atoms with E-state index in [1.807, 2.05) is 0 Å². The molecule has 0 amide bonds. The van der Waals surface area contributed by atoms with Crippen LogP contribution in [0.3, 0.4) is 0 Å². The molecule has 2 aromatic carbocycles. The summed E-state index contributed by atoms with van der Waals surface area (Å²) in [5.41, 5.74) is 3.74. The van der Waals surface area contributed by atoms with Crippen LogP contribution >= 0.6 is 23.4 Å². The quantitative estimate of drug-likeness (QED) is 0.816. The lowest BCUT2D eigenvalue weighted by Crippen LogP contribution is -2.20. The predicted octanol–water partition coefficient (Wildman–Crippen LogP) is 5.32. The average Bonchev–Trinajstić information content (AvgIpc) is 2.54. The molecule has 0 saturated heterocycles. The van der Waals surface area contributed by atoms with Gasteiger partial charge in [0.1, 0.15) is 0 Å². The molecular formula is C18H17ClFNS. The summed E-state index contributed by atoms with van der Waals surface area (Å²) in [6, 6.07) is 11.4. The number of aryl methyl sites for hydroxylation is 1. The van der Waals surface area contributed by atoms with Crippen LogP contribution in [0, 0.1) is 12.7 Å². The number of rotatable bonds is 3. The van der Waals surface area contributed by atoms with E-state index < -0.39 is 0 Å². The zero-order chi connectivity index (χ0) is 15.5. The van der Waals surface area contributed by atoms with E-state index in [-0.39, 0.29) is 10.8 Å². The summed E-state index contributed by atoms with van der Waals surface area (Å²) >= 11 is 7.32. The maximum absolute atomic E-state index is 14.2. The van der Waals surface area contributed by atoms with Gasteiger partial charge in [0.15, 0.2) is 5.82 Å². The van der Waals surface area contributed by atoms with Gasteiger partial charge in [-0.05, 0) is 49.2 Å². The summed E-state index contributed by atoms with van der Waals surface area (Å²) in [6.07, 6.45) is 3.21. The Bertz CT molecular complexity index is 727. The molecule has 0 atom stereocenters. The highest BCUT2D eigenvalue weighted by Gasteiger charge is 2.14. The third-order valence-electron chi connectivity index (χ3n) is 3.68. The highest BCUT2D eigenvalue weighted by Crippen LogP contribution is 2.38. The second-order valence-corrected chi connectivity index (χ2v) is 6.83. The zero-order valence-corrected chi connectivity index (χ0v) is 13.9. The molecule has 3 rings (SSSR count). The Hall–Kier alpha value is -1.29. The normalized spacial score (nSPS) is 14.8. The van der Waals surface area contributed by atoms with E-state index >= 15 is 0 Å². The first-order chi connectivity index (χ1) is 10.6. The first-order valence-electron chi connectivity index (χ1n) is 7.28. The van der Waals surface area contributed by atoms with Crippen molar-refractivity contribution in [3.63, 3.8) is 0 Å². The van der Waals surface area contributed by atoms with Gasteiger partial charge >= 0.3 is 0 Å². The van der Waals surface area contributed by atoms with Crippen molar-refractivity contribution in [3.05, 3.63) is 64.4 Å². The van der Waals surface area contributed by atoms with Crippen LogP contribution in [0.4, 0.5) is 4.39 Å². The second-order valence-electron chi connectivity index (χ2n) is 5.34. The minimum atomic E-state index is -0.347. The molecule has 2 aromatic rings. The fourth-order valence-electron chi connectivity index (χ4n) is 2.53. The van der Waals surface area contributed by atoms with Crippen molar-refractivity contribution in [2.75, 3.05) is 13.1 Å². The van der Waals surface area contributed by atoms with Crippen molar-refractivity contribution in [2.45, 2.75) is 23.1 Å². The van der Waals surface area contributed by atoms with Crippen LogP contribution in [-0.4, -0.2) is 13.1 Å². The van der Waals surface area contributed by atoms with Gasteiger partial charge in [-0.15, -0.1) is 0 Å². The lowest BCUT2D eigenvalue weighted by Gasteiger charge is -2.18. The molecule has 0 unspecified atom stereocenters. The fraction of sp³-hybridized carbons (Fsp3) is 0.222. The average molecular weight is 334 g/mol. The molecule has 22 heavy (non-hydrogen) atoms. The molecule has 0 saturated carbocycles. The standard InChI is InChI=1S/C18H17ClFNS/c1-12-5-6-16(14(11-12)13-7-9-21-10-8-13)22-17-4-2-3-15(19)18(17)20/h2-7,11,21H,8-10H2,1H3. The molecule has 1 heterocycles. The van der Waals surface area contributed by atoms with Crippen molar-refractivity contribution in [3.8, 4) is 0 Å². The van der Waals surface area contributed by atoms with E-state index in [2.05, 4.69) is 36.5 Å². The Labute approximate surface area is 139 Å². The van der Waals surface area contributed by atoms with Gasteiger partial charge in [-0.3, -0.25) is 0 Å². The molecule has 0 bridgehead atoms. The predicted molar refractivity (Wildman–Crippen MR) is 92.2 cm³/mol. The van der Waals surface area contributed by atoms with Gasteiger partial charge < -0.3 is 5.32 Å². The lowest BCUT2D eigenvalue weighted by atomic mass is 9.99. The number of hydrogen-bond donors (Lipinski definition) is 1. The van der Waals surface area contributed by atoms with E-state index in [9.17, 15) is 4.39 Å². The monoisotopic (exact) mass is 333 g/mol. The van der Waals surface area contributed by atoms with E-state index in [1.54, 1.807) is 18.2 Å². The van der Waals surface area contributed by atoms with Crippen LogP contribution in [0.1, 0.15) is 17.5 Å². The summed E-state index contributed by atoms with van der Waals surface area (Å²) in [6.45, 7) is 3.95. The van der Waals surface area contributed by atoms with Gasteiger partial charge in [0.25, 0.3) is 0 Å². The van der Waals surface area contributed by atoms with Crippen LogP contribution in [0.2, 0.25) is 5.02 Å². The van der Waals surface area contributed by atoms with Gasteiger partial charge in [-0.2, -0.15) is 0 Å². The Morgan fingerprint density at radius 2 is 2.05 bits per heavy atom. The first kappa shape index (κ1) is 15.6. The maximum Gasteiger partial charge on any atom is 0.155 e. The summed E-state index contributed by atoms with van der Waals surface area (Å²) in [7, 11) is 0. The van der Waals surface area contributed by atoms with Crippen molar-refractivity contribution in [1.29, 1.82) is 0 Å². The Morgan fingerprint density at radius 1 is 1.18 bits per heavy atom.